The van der Waals surface area contributed by atoms with Crippen molar-refractivity contribution in [3.8, 4) is 0 Å². The molecule has 0 saturated heterocycles. The summed E-state index contributed by atoms with van der Waals surface area (Å²) in [4.78, 5) is 23.1. The first kappa shape index (κ1) is 16.6. The van der Waals surface area contributed by atoms with Crippen molar-refractivity contribution < 1.29 is 14.7 Å². The minimum Gasteiger partial charge on any atom is -0.480 e. The fourth-order valence-corrected chi connectivity index (χ4v) is 2.18. The number of carbonyl (C=O) groups excluding carboxylic acids is 1. The molecule has 0 aliphatic carbocycles. The number of carboxylic acid groups (broad SMARTS) is 1. The van der Waals surface area contributed by atoms with Crippen LogP contribution in [0.5, 0.6) is 0 Å². The molecule has 20 heavy (non-hydrogen) atoms. The van der Waals surface area contributed by atoms with Crippen LogP contribution in [0.1, 0.15) is 25.8 Å². The molecule has 2 N–H and O–H groups in total. The number of carbonyl (C=O) groups is 2. The van der Waals surface area contributed by atoms with Crippen molar-refractivity contribution >= 4 is 24.5 Å². The first-order valence-corrected chi connectivity index (χ1v) is 7.17. The zero-order valence-corrected chi connectivity index (χ0v) is 12.6. The molecule has 1 aromatic carbocycles. The lowest BCUT2D eigenvalue weighted by molar-refractivity contribution is -0.142. The van der Waals surface area contributed by atoms with Crippen LogP contribution in [0.3, 0.4) is 0 Å². The molecule has 1 amide bonds. The summed E-state index contributed by atoms with van der Waals surface area (Å²) < 4.78 is 0. The zero-order valence-electron chi connectivity index (χ0n) is 11.7. The molecule has 1 rings (SSSR count). The zero-order chi connectivity index (χ0) is 15.1. The van der Waals surface area contributed by atoms with E-state index >= 15 is 0 Å². The third-order valence-corrected chi connectivity index (χ3v) is 3.31. The molecule has 1 aromatic rings. The Morgan fingerprint density at radius 1 is 1.25 bits per heavy atom. The van der Waals surface area contributed by atoms with Gasteiger partial charge in [0.25, 0.3) is 0 Å². The lowest BCUT2D eigenvalue weighted by Gasteiger charge is -2.19. The second kappa shape index (κ2) is 7.94. The fraction of sp³-hybridized carbons (Fsp3) is 0.467. The van der Waals surface area contributed by atoms with Gasteiger partial charge in [-0.2, -0.15) is 12.6 Å². The second-order valence-electron chi connectivity index (χ2n) is 5.23. The Morgan fingerprint density at radius 3 is 2.35 bits per heavy atom. The van der Waals surface area contributed by atoms with Gasteiger partial charge < -0.3 is 10.4 Å². The van der Waals surface area contributed by atoms with E-state index in [1.165, 1.54) is 0 Å². The summed E-state index contributed by atoms with van der Waals surface area (Å²) in [5, 5.41) is 11.1. The van der Waals surface area contributed by atoms with Crippen LogP contribution in [-0.2, 0) is 16.0 Å². The number of nitrogens with one attached hydrogen (secondary N) is 1. The predicted molar refractivity (Wildman–Crippen MR) is 81.9 cm³/mol. The van der Waals surface area contributed by atoms with E-state index in [1.54, 1.807) is 0 Å². The number of hydrogen-bond donors (Lipinski definition) is 3. The van der Waals surface area contributed by atoms with Crippen molar-refractivity contribution in [2.75, 3.05) is 0 Å². The Balaban J connectivity index is 2.57. The normalized spacial score (nSPS) is 13.8. The molecule has 0 aromatic heterocycles. The first-order chi connectivity index (χ1) is 9.40. The van der Waals surface area contributed by atoms with Crippen molar-refractivity contribution in [1.29, 1.82) is 0 Å². The van der Waals surface area contributed by atoms with Crippen LogP contribution in [0.15, 0.2) is 30.3 Å². The standard InChI is InChI=1S/C15H21NO3S/c1-10(2)8-12(15(18)19)16-14(17)13(20)9-11-6-4-3-5-7-11/h3-7,10,12-13,20H,8-9H2,1-2H3,(H,16,17)(H,18,19)/t12-,13+/m0/s1. The minimum atomic E-state index is -1.01. The number of benzene rings is 1. The maximum Gasteiger partial charge on any atom is 0.326 e. The van der Waals surface area contributed by atoms with Gasteiger partial charge in [-0.1, -0.05) is 44.2 Å². The maximum atomic E-state index is 12.0. The van der Waals surface area contributed by atoms with Gasteiger partial charge in [0, 0.05) is 0 Å². The summed E-state index contributed by atoms with van der Waals surface area (Å²) in [5.41, 5.74) is 0.999. The first-order valence-electron chi connectivity index (χ1n) is 6.65. The second-order valence-corrected chi connectivity index (χ2v) is 5.86. The van der Waals surface area contributed by atoms with E-state index in [9.17, 15) is 9.59 Å². The number of rotatable bonds is 7. The van der Waals surface area contributed by atoms with E-state index in [1.807, 2.05) is 44.2 Å². The van der Waals surface area contributed by atoms with Crippen molar-refractivity contribution in [3.05, 3.63) is 35.9 Å². The van der Waals surface area contributed by atoms with Crippen LogP contribution in [-0.4, -0.2) is 28.3 Å². The minimum absolute atomic E-state index is 0.198. The number of carboxylic acids is 1. The number of aliphatic carboxylic acids is 1. The third kappa shape index (κ3) is 5.65. The Bertz CT molecular complexity index is 448. The highest BCUT2D eigenvalue weighted by Gasteiger charge is 2.24. The van der Waals surface area contributed by atoms with Crippen LogP contribution in [0.4, 0.5) is 0 Å². The van der Waals surface area contributed by atoms with Crippen LogP contribution in [0, 0.1) is 5.92 Å². The Hall–Kier alpha value is -1.49. The third-order valence-electron chi connectivity index (χ3n) is 2.90. The van der Waals surface area contributed by atoms with Crippen molar-refractivity contribution in [2.24, 2.45) is 5.92 Å². The van der Waals surface area contributed by atoms with Gasteiger partial charge in [-0.05, 0) is 24.3 Å². The summed E-state index contributed by atoms with van der Waals surface area (Å²) in [6.07, 6.45) is 0.886. The predicted octanol–water partition coefficient (Wildman–Crippen LogP) is 2.14. The smallest absolute Gasteiger partial charge is 0.326 e. The van der Waals surface area contributed by atoms with Gasteiger partial charge in [-0.25, -0.2) is 4.79 Å². The molecule has 2 atom stereocenters. The SMILES string of the molecule is CC(C)C[C@H](NC(=O)[C@H](S)Cc1ccccc1)C(=O)O. The van der Waals surface area contributed by atoms with Gasteiger partial charge in [0.05, 0.1) is 5.25 Å². The number of amides is 1. The van der Waals surface area contributed by atoms with E-state index < -0.39 is 17.3 Å². The van der Waals surface area contributed by atoms with Gasteiger partial charge in [0.15, 0.2) is 0 Å². The molecule has 5 heteroatoms. The molecular formula is C15H21NO3S. The molecule has 0 heterocycles. The van der Waals surface area contributed by atoms with Gasteiger partial charge in [0.2, 0.25) is 5.91 Å². The molecule has 0 unspecified atom stereocenters. The Kier molecular flexibility index (Phi) is 6.58. The maximum absolute atomic E-state index is 12.0. The fourth-order valence-electron chi connectivity index (χ4n) is 1.89. The van der Waals surface area contributed by atoms with E-state index in [0.29, 0.717) is 12.8 Å². The van der Waals surface area contributed by atoms with E-state index in [4.69, 9.17) is 5.11 Å². The summed E-state index contributed by atoms with van der Waals surface area (Å²) >= 11 is 4.27. The molecule has 0 radical (unpaired) electrons. The van der Waals surface area contributed by atoms with E-state index in [0.717, 1.165) is 5.56 Å². The van der Waals surface area contributed by atoms with Gasteiger partial charge in [0.1, 0.15) is 6.04 Å². The molecule has 0 bridgehead atoms. The molecule has 0 saturated carbocycles. The van der Waals surface area contributed by atoms with Crippen molar-refractivity contribution in [3.63, 3.8) is 0 Å². The Labute approximate surface area is 125 Å². The molecule has 0 spiro atoms. The van der Waals surface area contributed by atoms with Crippen LogP contribution < -0.4 is 5.32 Å². The van der Waals surface area contributed by atoms with E-state index in [2.05, 4.69) is 17.9 Å². The quantitative estimate of drug-likeness (QED) is 0.675. The monoisotopic (exact) mass is 295 g/mol. The molecule has 0 fully saturated rings. The summed E-state index contributed by atoms with van der Waals surface area (Å²) in [6.45, 7) is 3.84. The summed E-state index contributed by atoms with van der Waals surface area (Å²) in [5.74, 6) is -1.15. The molecule has 4 nitrogen and oxygen atoms in total. The van der Waals surface area contributed by atoms with Crippen LogP contribution in [0.2, 0.25) is 0 Å². The van der Waals surface area contributed by atoms with Crippen molar-refractivity contribution in [2.45, 2.75) is 38.0 Å². The summed E-state index contributed by atoms with van der Waals surface area (Å²) in [7, 11) is 0. The molecular weight excluding hydrogens is 274 g/mol. The Morgan fingerprint density at radius 2 is 1.85 bits per heavy atom. The van der Waals surface area contributed by atoms with Gasteiger partial charge in [-0.3, -0.25) is 4.79 Å². The van der Waals surface area contributed by atoms with E-state index in [-0.39, 0.29) is 11.8 Å². The largest absolute Gasteiger partial charge is 0.480 e. The van der Waals surface area contributed by atoms with Crippen LogP contribution in [0.25, 0.3) is 0 Å². The van der Waals surface area contributed by atoms with Gasteiger partial charge in [-0.15, -0.1) is 0 Å². The van der Waals surface area contributed by atoms with Crippen molar-refractivity contribution in [1.82, 2.24) is 5.32 Å². The average Bonchev–Trinajstić information content (AvgIpc) is 2.38. The van der Waals surface area contributed by atoms with Gasteiger partial charge >= 0.3 is 5.97 Å². The highest BCUT2D eigenvalue weighted by atomic mass is 32.1. The lowest BCUT2D eigenvalue weighted by atomic mass is 10.0. The topological polar surface area (TPSA) is 66.4 Å². The lowest BCUT2D eigenvalue weighted by Crippen LogP contribution is -2.45. The average molecular weight is 295 g/mol. The number of thiol groups is 1. The molecule has 0 aliphatic heterocycles. The highest BCUT2D eigenvalue weighted by Crippen LogP contribution is 2.10. The molecule has 0 aliphatic rings. The summed E-state index contributed by atoms with van der Waals surface area (Å²) in [6, 6.07) is 8.67. The highest BCUT2D eigenvalue weighted by molar-refractivity contribution is 7.81. The number of hydrogen-bond acceptors (Lipinski definition) is 3. The van der Waals surface area contributed by atoms with Crippen LogP contribution >= 0.6 is 12.6 Å². The molecule has 110 valence electrons.